The van der Waals surface area contributed by atoms with Crippen molar-refractivity contribution in [1.29, 1.82) is 0 Å². The maximum Gasteiger partial charge on any atom is 0.184 e. The van der Waals surface area contributed by atoms with Gasteiger partial charge in [-0.25, -0.2) is 0 Å². The number of hydrogen-bond acceptors (Lipinski definition) is 2. The Hall–Kier alpha value is 0.137. The van der Waals surface area contributed by atoms with Crippen LogP contribution < -0.4 is 5.73 Å². The molecule has 0 aliphatic heterocycles. The van der Waals surface area contributed by atoms with E-state index in [1.807, 2.05) is 0 Å². The van der Waals surface area contributed by atoms with Gasteiger partial charge in [0.1, 0.15) is 0 Å². The Morgan fingerprint density at radius 1 is 1.23 bits per heavy atom. The van der Waals surface area contributed by atoms with Crippen molar-refractivity contribution in [2.45, 2.75) is 51.4 Å². The lowest BCUT2D eigenvalue weighted by Gasteiger charge is -2.35. The summed E-state index contributed by atoms with van der Waals surface area (Å²) in [5.41, 5.74) is 5.75. The average molecular weight is 201 g/mol. The molecule has 2 nitrogen and oxygen atoms in total. The standard InChI is InChI=1S/C10H23NOSi/c1-13(2,3)12-10-7-5-4-6-9(10)8-11/h9-10H,4-8,11H2,1-3H3. The van der Waals surface area contributed by atoms with E-state index in [9.17, 15) is 0 Å². The highest BCUT2D eigenvalue weighted by Gasteiger charge is 2.29. The van der Waals surface area contributed by atoms with Gasteiger partial charge in [-0.05, 0) is 44.9 Å². The second kappa shape index (κ2) is 4.58. The summed E-state index contributed by atoms with van der Waals surface area (Å²) in [6.07, 6.45) is 5.63. The van der Waals surface area contributed by atoms with Gasteiger partial charge in [-0.15, -0.1) is 0 Å². The van der Waals surface area contributed by atoms with Crippen LogP contribution in [0, 0.1) is 5.92 Å². The maximum absolute atomic E-state index is 6.14. The molecule has 1 fully saturated rings. The molecule has 78 valence electrons. The van der Waals surface area contributed by atoms with Crippen LogP contribution >= 0.6 is 0 Å². The minimum Gasteiger partial charge on any atom is -0.414 e. The zero-order chi connectivity index (χ0) is 9.90. The van der Waals surface area contributed by atoms with Gasteiger partial charge in [-0.1, -0.05) is 12.8 Å². The fourth-order valence-electron chi connectivity index (χ4n) is 2.05. The second-order valence-electron chi connectivity index (χ2n) is 5.05. The molecule has 0 aromatic rings. The van der Waals surface area contributed by atoms with Crippen molar-refractivity contribution in [1.82, 2.24) is 0 Å². The highest BCUT2D eigenvalue weighted by molar-refractivity contribution is 6.69. The summed E-state index contributed by atoms with van der Waals surface area (Å²) in [5.74, 6) is 0.625. The van der Waals surface area contributed by atoms with Gasteiger partial charge in [-0.3, -0.25) is 0 Å². The van der Waals surface area contributed by atoms with Gasteiger partial charge in [0.15, 0.2) is 8.32 Å². The van der Waals surface area contributed by atoms with Gasteiger partial charge in [0.2, 0.25) is 0 Å². The monoisotopic (exact) mass is 201 g/mol. The minimum atomic E-state index is -1.36. The fraction of sp³-hybridized carbons (Fsp3) is 1.00. The van der Waals surface area contributed by atoms with Gasteiger partial charge in [0, 0.05) is 6.10 Å². The summed E-state index contributed by atoms with van der Waals surface area (Å²) in [4.78, 5) is 0. The molecule has 1 saturated carbocycles. The lowest BCUT2D eigenvalue weighted by Crippen LogP contribution is -2.40. The third-order valence-electron chi connectivity index (χ3n) is 2.65. The molecule has 2 atom stereocenters. The highest BCUT2D eigenvalue weighted by atomic mass is 28.4. The van der Waals surface area contributed by atoms with Crippen LogP contribution in [-0.2, 0) is 4.43 Å². The first-order valence-corrected chi connectivity index (χ1v) is 8.81. The molecular formula is C10H23NOSi. The van der Waals surface area contributed by atoms with Crippen molar-refractivity contribution < 1.29 is 4.43 Å². The molecule has 0 spiro atoms. The largest absolute Gasteiger partial charge is 0.414 e. The molecule has 13 heavy (non-hydrogen) atoms. The summed E-state index contributed by atoms with van der Waals surface area (Å²) in [7, 11) is -1.36. The van der Waals surface area contributed by atoms with Crippen LogP contribution in [0.25, 0.3) is 0 Å². The molecule has 0 aromatic heterocycles. The second-order valence-corrected chi connectivity index (χ2v) is 9.51. The number of nitrogens with two attached hydrogens (primary N) is 1. The summed E-state index contributed by atoms with van der Waals surface area (Å²) < 4.78 is 6.14. The number of hydrogen-bond donors (Lipinski definition) is 1. The fourth-order valence-corrected chi connectivity index (χ4v) is 3.27. The first-order chi connectivity index (χ1) is 6.03. The molecule has 1 aliphatic rings. The average Bonchev–Trinajstić information content (AvgIpc) is 2.02. The highest BCUT2D eigenvalue weighted by Crippen LogP contribution is 2.28. The SMILES string of the molecule is C[Si](C)(C)OC1CCCCC1CN. The summed E-state index contributed by atoms with van der Waals surface area (Å²) >= 11 is 0. The van der Waals surface area contributed by atoms with Crippen molar-refractivity contribution >= 4 is 8.32 Å². The normalized spacial score (nSPS) is 30.5. The van der Waals surface area contributed by atoms with Crippen LogP contribution in [0.4, 0.5) is 0 Å². The minimum absolute atomic E-state index is 0.463. The van der Waals surface area contributed by atoms with Gasteiger partial charge in [0.25, 0.3) is 0 Å². The number of rotatable bonds is 3. The Morgan fingerprint density at radius 3 is 2.38 bits per heavy atom. The van der Waals surface area contributed by atoms with Crippen molar-refractivity contribution in [2.75, 3.05) is 6.54 Å². The quantitative estimate of drug-likeness (QED) is 0.711. The van der Waals surface area contributed by atoms with Crippen LogP contribution in [-0.4, -0.2) is 21.0 Å². The Bertz CT molecular complexity index is 155. The molecule has 2 N–H and O–H groups in total. The van der Waals surface area contributed by atoms with Crippen molar-refractivity contribution in [3.05, 3.63) is 0 Å². The Balaban J connectivity index is 2.45. The van der Waals surface area contributed by atoms with E-state index >= 15 is 0 Å². The summed E-state index contributed by atoms with van der Waals surface area (Å²) in [6.45, 7) is 7.58. The molecule has 1 rings (SSSR count). The van der Waals surface area contributed by atoms with Crippen LogP contribution in [0.2, 0.25) is 19.6 Å². The van der Waals surface area contributed by atoms with Crippen LogP contribution in [0.5, 0.6) is 0 Å². The van der Waals surface area contributed by atoms with E-state index in [1.165, 1.54) is 25.7 Å². The van der Waals surface area contributed by atoms with E-state index in [2.05, 4.69) is 19.6 Å². The van der Waals surface area contributed by atoms with Crippen LogP contribution in [0.1, 0.15) is 25.7 Å². The lowest BCUT2D eigenvalue weighted by atomic mass is 9.87. The third-order valence-corrected chi connectivity index (χ3v) is 3.66. The first-order valence-electron chi connectivity index (χ1n) is 5.41. The Kier molecular flexibility index (Phi) is 3.95. The van der Waals surface area contributed by atoms with Gasteiger partial charge in [0.05, 0.1) is 0 Å². The van der Waals surface area contributed by atoms with Crippen molar-refractivity contribution in [3.63, 3.8) is 0 Å². The first kappa shape index (κ1) is 11.2. The molecule has 0 saturated heterocycles. The van der Waals surface area contributed by atoms with Crippen molar-refractivity contribution in [3.8, 4) is 0 Å². The van der Waals surface area contributed by atoms with E-state index in [-0.39, 0.29) is 0 Å². The molecule has 0 amide bonds. The van der Waals surface area contributed by atoms with Crippen LogP contribution in [0.15, 0.2) is 0 Å². The predicted octanol–water partition coefficient (Wildman–Crippen LogP) is 2.36. The zero-order valence-corrected chi connectivity index (χ0v) is 10.2. The van der Waals surface area contributed by atoms with E-state index in [0.717, 1.165) is 6.54 Å². The van der Waals surface area contributed by atoms with Crippen LogP contribution in [0.3, 0.4) is 0 Å². The molecule has 0 bridgehead atoms. The van der Waals surface area contributed by atoms with E-state index in [4.69, 9.17) is 10.2 Å². The van der Waals surface area contributed by atoms with Gasteiger partial charge >= 0.3 is 0 Å². The van der Waals surface area contributed by atoms with Crippen molar-refractivity contribution in [2.24, 2.45) is 11.7 Å². The third kappa shape index (κ3) is 3.79. The Labute approximate surface area is 83.0 Å². The molecule has 2 unspecified atom stereocenters. The van der Waals surface area contributed by atoms with Gasteiger partial charge in [-0.2, -0.15) is 0 Å². The maximum atomic E-state index is 6.14. The predicted molar refractivity (Wildman–Crippen MR) is 59.2 cm³/mol. The molecule has 1 aliphatic carbocycles. The Morgan fingerprint density at radius 2 is 1.85 bits per heavy atom. The molecule has 0 heterocycles. The van der Waals surface area contributed by atoms with E-state index < -0.39 is 8.32 Å². The van der Waals surface area contributed by atoms with E-state index in [0.29, 0.717) is 12.0 Å². The van der Waals surface area contributed by atoms with Gasteiger partial charge < -0.3 is 10.2 Å². The molecule has 3 heteroatoms. The lowest BCUT2D eigenvalue weighted by molar-refractivity contribution is 0.0905. The van der Waals surface area contributed by atoms with E-state index in [1.54, 1.807) is 0 Å². The zero-order valence-electron chi connectivity index (χ0n) is 9.18. The molecule has 0 aromatic carbocycles. The topological polar surface area (TPSA) is 35.2 Å². The summed E-state index contributed by atoms with van der Waals surface area (Å²) in [5, 5.41) is 0. The smallest absolute Gasteiger partial charge is 0.184 e. The summed E-state index contributed by atoms with van der Waals surface area (Å²) in [6, 6.07) is 0. The molecule has 0 radical (unpaired) electrons. The molecular weight excluding hydrogens is 178 g/mol.